The van der Waals surface area contributed by atoms with Crippen LogP contribution in [0.1, 0.15) is 11.1 Å². The van der Waals surface area contributed by atoms with Gasteiger partial charge in [-0.15, -0.1) is 0 Å². The van der Waals surface area contributed by atoms with Gasteiger partial charge < -0.3 is 5.73 Å². The number of hydrogen-bond acceptors (Lipinski definition) is 2. The standard InChI is InChI=1S/C15H16ClFN2/c1-19(9-11-3-2-4-13(17)7-11)10-12-5-6-14(18)8-15(12)16/h2-8H,9-10,18H2,1H3. The highest BCUT2D eigenvalue weighted by Crippen LogP contribution is 2.21. The van der Waals surface area contributed by atoms with Crippen molar-refractivity contribution in [1.82, 2.24) is 4.90 Å². The highest BCUT2D eigenvalue weighted by molar-refractivity contribution is 6.31. The number of benzene rings is 2. The molecule has 4 heteroatoms. The van der Waals surface area contributed by atoms with E-state index < -0.39 is 0 Å². The Labute approximate surface area is 117 Å². The summed E-state index contributed by atoms with van der Waals surface area (Å²) in [6.45, 7) is 1.36. The average Bonchev–Trinajstić information content (AvgIpc) is 2.33. The van der Waals surface area contributed by atoms with Crippen molar-refractivity contribution in [2.75, 3.05) is 12.8 Å². The first-order valence-corrected chi connectivity index (χ1v) is 6.39. The molecule has 0 saturated carbocycles. The molecule has 2 aromatic rings. The summed E-state index contributed by atoms with van der Waals surface area (Å²) < 4.78 is 13.1. The molecule has 0 radical (unpaired) electrons. The lowest BCUT2D eigenvalue weighted by molar-refractivity contribution is 0.318. The van der Waals surface area contributed by atoms with Crippen LogP contribution in [0.4, 0.5) is 10.1 Å². The predicted octanol–water partition coefficient (Wildman–Crippen LogP) is 3.69. The lowest BCUT2D eigenvalue weighted by Crippen LogP contribution is -2.17. The zero-order valence-corrected chi connectivity index (χ0v) is 11.5. The van der Waals surface area contributed by atoms with Crippen molar-refractivity contribution in [2.24, 2.45) is 0 Å². The second-order valence-electron chi connectivity index (χ2n) is 4.65. The third-order valence-corrected chi connectivity index (χ3v) is 3.21. The molecule has 100 valence electrons. The van der Waals surface area contributed by atoms with Gasteiger partial charge in [0.1, 0.15) is 5.82 Å². The zero-order valence-electron chi connectivity index (χ0n) is 10.7. The van der Waals surface area contributed by atoms with Crippen LogP contribution in [0.25, 0.3) is 0 Å². The molecule has 0 amide bonds. The van der Waals surface area contributed by atoms with Gasteiger partial charge in [-0.1, -0.05) is 29.8 Å². The largest absolute Gasteiger partial charge is 0.399 e. The molecule has 0 aromatic heterocycles. The van der Waals surface area contributed by atoms with Crippen LogP contribution in [0.15, 0.2) is 42.5 Å². The van der Waals surface area contributed by atoms with E-state index in [1.807, 2.05) is 25.2 Å². The molecule has 0 fully saturated rings. The smallest absolute Gasteiger partial charge is 0.123 e. The maximum absolute atomic E-state index is 13.1. The van der Waals surface area contributed by atoms with Gasteiger partial charge >= 0.3 is 0 Å². The first kappa shape index (κ1) is 13.8. The Morgan fingerprint density at radius 1 is 1.16 bits per heavy atom. The number of rotatable bonds is 4. The van der Waals surface area contributed by atoms with Gasteiger partial charge in [-0.05, 0) is 42.4 Å². The van der Waals surface area contributed by atoms with Crippen LogP contribution in [-0.4, -0.2) is 11.9 Å². The van der Waals surface area contributed by atoms with Gasteiger partial charge in [0.25, 0.3) is 0 Å². The maximum atomic E-state index is 13.1. The molecule has 0 heterocycles. The Kier molecular flexibility index (Phi) is 4.40. The van der Waals surface area contributed by atoms with E-state index >= 15 is 0 Å². The fourth-order valence-corrected chi connectivity index (χ4v) is 2.23. The molecule has 0 aliphatic heterocycles. The van der Waals surface area contributed by atoms with Crippen molar-refractivity contribution in [3.8, 4) is 0 Å². The number of nitrogen functional groups attached to an aromatic ring is 1. The minimum Gasteiger partial charge on any atom is -0.399 e. The summed E-state index contributed by atoms with van der Waals surface area (Å²) in [6.07, 6.45) is 0. The summed E-state index contributed by atoms with van der Waals surface area (Å²) in [6, 6.07) is 12.1. The molecule has 0 spiro atoms. The Morgan fingerprint density at radius 3 is 2.63 bits per heavy atom. The molecular weight excluding hydrogens is 263 g/mol. The summed E-state index contributed by atoms with van der Waals surface area (Å²) in [5, 5.41) is 0.658. The first-order valence-electron chi connectivity index (χ1n) is 6.01. The molecule has 0 aliphatic carbocycles. The van der Waals surface area contributed by atoms with Crippen molar-refractivity contribution >= 4 is 17.3 Å². The summed E-state index contributed by atoms with van der Waals surface area (Å²) in [4.78, 5) is 2.08. The summed E-state index contributed by atoms with van der Waals surface area (Å²) >= 11 is 6.14. The van der Waals surface area contributed by atoms with Gasteiger partial charge in [-0.2, -0.15) is 0 Å². The quantitative estimate of drug-likeness (QED) is 0.864. The van der Waals surface area contributed by atoms with Gasteiger partial charge in [-0.3, -0.25) is 4.90 Å². The van der Waals surface area contributed by atoms with Crippen molar-refractivity contribution in [1.29, 1.82) is 0 Å². The van der Waals surface area contributed by atoms with E-state index in [2.05, 4.69) is 4.90 Å². The summed E-state index contributed by atoms with van der Waals surface area (Å²) in [5.74, 6) is -0.212. The van der Waals surface area contributed by atoms with E-state index in [1.54, 1.807) is 18.2 Å². The second-order valence-corrected chi connectivity index (χ2v) is 5.06. The van der Waals surface area contributed by atoms with Gasteiger partial charge in [-0.25, -0.2) is 4.39 Å². The minimum atomic E-state index is -0.212. The molecule has 2 N–H and O–H groups in total. The zero-order chi connectivity index (χ0) is 13.8. The van der Waals surface area contributed by atoms with Crippen molar-refractivity contribution < 1.29 is 4.39 Å². The maximum Gasteiger partial charge on any atom is 0.123 e. The minimum absolute atomic E-state index is 0.212. The van der Waals surface area contributed by atoms with Crippen molar-refractivity contribution in [2.45, 2.75) is 13.1 Å². The molecule has 0 aliphatic rings. The summed E-state index contributed by atoms with van der Waals surface area (Å²) in [5.41, 5.74) is 8.26. The van der Waals surface area contributed by atoms with Crippen LogP contribution in [0, 0.1) is 5.82 Å². The summed E-state index contributed by atoms with van der Waals surface area (Å²) in [7, 11) is 1.97. The first-order chi connectivity index (χ1) is 9.04. The topological polar surface area (TPSA) is 29.3 Å². The number of hydrogen-bond donors (Lipinski definition) is 1. The fraction of sp³-hybridized carbons (Fsp3) is 0.200. The Balaban J connectivity index is 2.03. The predicted molar refractivity (Wildman–Crippen MR) is 77.4 cm³/mol. The molecular formula is C15H16ClFN2. The van der Waals surface area contributed by atoms with E-state index in [1.165, 1.54) is 6.07 Å². The fourth-order valence-electron chi connectivity index (χ4n) is 1.99. The Hall–Kier alpha value is -1.58. The van der Waals surface area contributed by atoms with E-state index in [4.69, 9.17) is 17.3 Å². The van der Waals surface area contributed by atoms with Gasteiger partial charge in [0.2, 0.25) is 0 Å². The van der Waals surface area contributed by atoms with Gasteiger partial charge in [0.15, 0.2) is 0 Å². The molecule has 2 aromatic carbocycles. The second kappa shape index (κ2) is 6.04. The lowest BCUT2D eigenvalue weighted by atomic mass is 10.1. The van der Waals surface area contributed by atoms with Crippen LogP contribution in [-0.2, 0) is 13.1 Å². The molecule has 19 heavy (non-hydrogen) atoms. The van der Waals surface area contributed by atoms with Crippen LogP contribution in [0.5, 0.6) is 0 Å². The van der Waals surface area contributed by atoms with E-state index in [0.717, 1.165) is 11.1 Å². The highest BCUT2D eigenvalue weighted by Gasteiger charge is 2.06. The lowest BCUT2D eigenvalue weighted by Gasteiger charge is -2.17. The molecule has 0 unspecified atom stereocenters. The van der Waals surface area contributed by atoms with Crippen molar-refractivity contribution in [3.05, 3.63) is 64.4 Å². The van der Waals surface area contributed by atoms with Crippen LogP contribution in [0.2, 0.25) is 5.02 Å². The van der Waals surface area contributed by atoms with Crippen LogP contribution >= 0.6 is 11.6 Å². The number of halogens is 2. The average molecular weight is 279 g/mol. The van der Waals surface area contributed by atoms with Gasteiger partial charge in [0.05, 0.1) is 0 Å². The normalized spacial score (nSPS) is 10.9. The van der Waals surface area contributed by atoms with E-state index in [9.17, 15) is 4.39 Å². The molecule has 0 saturated heterocycles. The van der Waals surface area contributed by atoms with Gasteiger partial charge in [0, 0.05) is 23.8 Å². The van der Waals surface area contributed by atoms with E-state index in [0.29, 0.717) is 23.8 Å². The molecule has 2 rings (SSSR count). The Morgan fingerprint density at radius 2 is 1.95 bits per heavy atom. The molecule has 0 atom stereocenters. The Bertz CT molecular complexity index is 572. The number of nitrogens with zero attached hydrogens (tertiary/aromatic N) is 1. The molecule has 0 bridgehead atoms. The van der Waals surface area contributed by atoms with Crippen LogP contribution < -0.4 is 5.73 Å². The van der Waals surface area contributed by atoms with E-state index in [-0.39, 0.29) is 5.82 Å². The number of nitrogens with two attached hydrogens (primary N) is 1. The number of anilines is 1. The SMILES string of the molecule is CN(Cc1cccc(F)c1)Cc1ccc(N)cc1Cl. The monoisotopic (exact) mass is 278 g/mol. The van der Waals surface area contributed by atoms with Crippen LogP contribution in [0.3, 0.4) is 0 Å². The third kappa shape index (κ3) is 3.94. The molecule has 2 nitrogen and oxygen atoms in total. The third-order valence-electron chi connectivity index (χ3n) is 2.86. The highest BCUT2D eigenvalue weighted by atomic mass is 35.5. The van der Waals surface area contributed by atoms with Crippen molar-refractivity contribution in [3.63, 3.8) is 0 Å².